The van der Waals surface area contributed by atoms with Crippen molar-refractivity contribution in [2.75, 3.05) is 7.11 Å². The van der Waals surface area contributed by atoms with Crippen molar-refractivity contribution in [3.05, 3.63) is 46.7 Å². The van der Waals surface area contributed by atoms with Gasteiger partial charge in [0, 0.05) is 18.4 Å². The van der Waals surface area contributed by atoms with Gasteiger partial charge in [-0.15, -0.1) is 0 Å². The second-order valence-electron chi connectivity index (χ2n) is 6.54. The molecule has 0 saturated carbocycles. The fraction of sp³-hybridized carbons (Fsp3) is 0.500. The van der Waals surface area contributed by atoms with Crippen LogP contribution in [0.2, 0.25) is 0 Å². The Bertz CT molecular complexity index is 538. The summed E-state index contributed by atoms with van der Waals surface area (Å²) in [7, 11) is 1.68. The Morgan fingerprint density at radius 2 is 1.95 bits per heavy atom. The van der Waals surface area contributed by atoms with Crippen LogP contribution in [0.25, 0.3) is 0 Å². The molecule has 2 nitrogen and oxygen atoms in total. The number of Topliss-reactive ketones (excluding diaryl/α,β-unsaturated/α-hetero) is 1. The van der Waals surface area contributed by atoms with Crippen LogP contribution in [0.5, 0.6) is 0 Å². The van der Waals surface area contributed by atoms with Crippen molar-refractivity contribution in [1.29, 1.82) is 0 Å². The quantitative estimate of drug-likeness (QED) is 0.820. The van der Waals surface area contributed by atoms with E-state index in [1.54, 1.807) is 7.11 Å². The van der Waals surface area contributed by atoms with E-state index in [1.165, 1.54) is 11.1 Å². The largest absolute Gasteiger partial charge is 0.501 e. The first-order chi connectivity index (χ1) is 9.41. The first kappa shape index (κ1) is 14.8. The molecular formula is C18H24O2. The number of allylic oxidation sites excluding steroid dienone is 2. The zero-order chi connectivity index (χ0) is 14.8. The summed E-state index contributed by atoms with van der Waals surface area (Å²) in [4.78, 5) is 12.3. The van der Waals surface area contributed by atoms with Crippen LogP contribution in [-0.4, -0.2) is 12.9 Å². The third-order valence-electron chi connectivity index (χ3n) is 3.94. The summed E-state index contributed by atoms with van der Waals surface area (Å²) < 4.78 is 5.48. The van der Waals surface area contributed by atoms with Crippen LogP contribution in [0, 0.1) is 12.3 Å². The highest BCUT2D eigenvalue weighted by Gasteiger charge is 2.33. The van der Waals surface area contributed by atoms with Gasteiger partial charge in [0.1, 0.15) is 5.76 Å². The normalized spacial score (nSPS) is 18.3. The average Bonchev–Trinajstić information content (AvgIpc) is 2.36. The van der Waals surface area contributed by atoms with E-state index >= 15 is 0 Å². The summed E-state index contributed by atoms with van der Waals surface area (Å²) in [6, 6.07) is 8.47. The SMILES string of the molecule is COC1=C(CCc2cccc(C)c2)C(=O)CC(C)(C)C1. The highest BCUT2D eigenvalue weighted by molar-refractivity contribution is 5.97. The van der Waals surface area contributed by atoms with Gasteiger partial charge in [0.05, 0.1) is 7.11 Å². The molecule has 0 N–H and O–H groups in total. The van der Waals surface area contributed by atoms with Crippen molar-refractivity contribution in [2.45, 2.75) is 46.5 Å². The fourth-order valence-corrected chi connectivity index (χ4v) is 2.91. The lowest BCUT2D eigenvalue weighted by Gasteiger charge is -2.31. The smallest absolute Gasteiger partial charge is 0.162 e. The molecule has 20 heavy (non-hydrogen) atoms. The van der Waals surface area contributed by atoms with E-state index in [1.807, 2.05) is 0 Å². The van der Waals surface area contributed by atoms with Crippen LogP contribution in [0.4, 0.5) is 0 Å². The van der Waals surface area contributed by atoms with Gasteiger partial charge in [-0.1, -0.05) is 43.7 Å². The predicted molar refractivity (Wildman–Crippen MR) is 81.6 cm³/mol. The van der Waals surface area contributed by atoms with Gasteiger partial charge in [0.2, 0.25) is 0 Å². The van der Waals surface area contributed by atoms with Crippen molar-refractivity contribution in [3.8, 4) is 0 Å². The Labute approximate surface area is 121 Å². The summed E-state index contributed by atoms with van der Waals surface area (Å²) in [5, 5.41) is 0. The molecule has 0 heterocycles. The van der Waals surface area contributed by atoms with E-state index in [0.29, 0.717) is 6.42 Å². The van der Waals surface area contributed by atoms with E-state index in [2.05, 4.69) is 45.0 Å². The topological polar surface area (TPSA) is 26.3 Å². The van der Waals surface area contributed by atoms with Crippen LogP contribution in [0.1, 0.15) is 44.2 Å². The highest BCUT2D eigenvalue weighted by Crippen LogP contribution is 2.38. The maximum Gasteiger partial charge on any atom is 0.162 e. The lowest BCUT2D eigenvalue weighted by atomic mass is 9.75. The van der Waals surface area contributed by atoms with Gasteiger partial charge >= 0.3 is 0 Å². The van der Waals surface area contributed by atoms with E-state index in [9.17, 15) is 4.79 Å². The van der Waals surface area contributed by atoms with Crippen molar-refractivity contribution in [3.63, 3.8) is 0 Å². The van der Waals surface area contributed by atoms with Gasteiger partial charge in [0.15, 0.2) is 5.78 Å². The molecule has 0 aromatic heterocycles. The standard InChI is InChI=1S/C18H24O2/c1-13-6-5-7-14(10-13)8-9-15-16(19)11-18(2,3)12-17(15)20-4/h5-7,10H,8-9,11-12H2,1-4H3. The van der Waals surface area contributed by atoms with Gasteiger partial charge in [-0.05, 0) is 30.7 Å². The maximum atomic E-state index is 12.3. The zero-order valence-corrected chi connectivity index (χ0v) is 13.0. The van der Waals surface area contributed by atoms with E-state index < -0.39 is 0 Å². The summed E-state index contributed by atoms with van der Waals surface area (Å²) in [5.41, 5.74) is 3.47. The summed E-state index contributed by atoms with van der Waals surface area (Å²) in [5.74, 6) is 1.14. The molecule has 0 atom stereocenters. The monoisotopic (exact) mass is 272 g/mol. The Balaban J connectivity index is 2.14. The van der Waals surface area contributed by atoms with E-state index in [0.717, 1.165) is 30.6 Å². The minimum atomic E-state index is 0.0231. The second-order valence-corrected chi connectivity index (χ2v) is 6.54. The van der Waals surface area contributed by atoms with E-state index in [4.69, 9.17) is 4.74 Å². The van der Waals surface area contributed by atoms with Crippen LogP contribution < -0.4 is 0 Å². The molecule has 0 saturated heterocycles. The highest BCUT2D eigenvalue weighted by atomic mass is 16.5. The molecule has 0 radical (unpaired) electrons. The maximum absolute atomic E-state index is 12.3. The molecule has 2 heteroatoms. The number of hydrogen-bond acceptors (Lipinski definition) is 2. The average molecular weight is 272 g/mol. The second kappa shape index (κ2) is 5.82. The number of ketones is 1. The molecule has 0 amide bonds. The molecule has 1 aromatic rings. The number of hydrogen-bond donors (Lipinski definition) is 0. The van der Waals surface area contributed by atoms with Crippen molar-refractivity contribution in [2.24, 2.45) is 5.41 Å². The van der Waals surface area contributed by atoms with Crippen LogP contribution >= 0.6 is 0 Å². The van der Waals surface area contributed by atoms with Gasteiger partial charge < -0.3 is 4.74 Å². The Morgan fingerprint density at radius 3 is 2.60 bits per heavy atom. The molecule has 1 aliphatic carbocycles. The zero-order valence-electron chi connectivity index (χ0n) is 13.0. The summed E-state index contributed by atoms with van der Waals surface area (Å²) in [6.07, 6.45) is 3.17. The number of carbonyl (C=O) groups is 1. The van der Waals surface area contributed by atoms with Crippen molar-refractivity contribution >= 4 is 5.78 Å². The van der Waals surface area contributed by atoms with Crippen LogP contribution in [0.3, 0.4) is 0 Å². The number of aryl methyl sites for hydroxylation is 2. The number of rotatable bonds is 4. The third kappa shape index (κ3) is 3.50. The van der Waals surface area contributed by atoms with Crippen molar-refractivity contribution in [1.82, 2.24) is 0 Å². The van der Waals surface area contributed by atoms with Crippen LogP contribution in [-0.2, 0) is 16.0 Å². The lowest BCUT2D eigenvalue weighted by Crippen LogP contribution is -2.26. The summed E-state index contributed by atoms with van der Waals surface area (Å²) in [6.45, 7) is 6.35. The molecule has 108 valence electrons. The Hall–Kier alpha value is -1.57. The molecule has 1 aliphatic rings. The van der Waals surface area contributed by atoms with Gasteiger partial charge in [-0.3, -0.25) is 4.79 Å². The number of carbonyl (C=O) groups excluding carboxylic acids is 1. The molecule has 0 unspecified atom stereocenters. The first-order valence-electron chi connectivity index (χ1n) is 7.26. The van der Waals surface area contributed by atoms with Gasteiger partial charge in [0.25, 0.3) is 0 Å². The molecule has 2 rings (SSSR count). The van der Waals surface area contributed by atoms with Crippen molar-refractivity contribution < 1.29 is 9.53 Å². The molecule has 0 fully saturated rings. The van der Waals surface area contributed by atoms with Gasteiger partial charge in [-0.25, -0.2) is 0 Å². The summed E-state index contributed by atoms with van der Waals surface area (Å²) >= 11 is 0. The molecule has 1 aromatic carbocycles. The third-order valence-corrected chi connectivity index (χ3v) is 3.94. The Morgan fingerprint density at radius 1 is 1.20 bits per heavy atom. The Kier molecular flexibility index (Phi) is 4.32. The number of methoxy groups -OCH3 is 1. The van der Waals surface area contributed by atoms with E-state index in [-0.39, 0.29) is 11.2 Å². The number of benzene rings is 1. The predicted octanol–water partition coefficient (Wildman–Crippen LogP) is 4.22. The van der Waals surface area contributed by atoms with Crippen LogP contribution in [0.15, 0.2) is 35.6 Å². The molecule has 0 spiro atoms. The molecular weight excluding hydrogens is 248 g/mol. The molecule has 0 aliphatic heterocycles. The minimum Gasteiger partial charge on any atom is -0.501 e. The minimum absolute atomic E-state index is 0.0231. The first-order valence-corrected chi connectivity index (χ1v) is 7.26. The van der Waals surface area contributed by atoms with Gasteiger partial charge in [-0.2, -0.15) is 0 Å². The lowest BCUT2D eigenvalue weighted by molar-refractivity contribution is -0.118. The number of ether oxygens (including phenoxy) is 1. The fourth-order valence-electron chi connectivity index (χ4n) is 2.91. The molecule has 0 bridgehead atoms.